The highest BCUT2D eigenvalue weighted by Gasteiger charge is 2.20. The molecule has 180 valence electrons. The topological polar surface area (TPSA) is 88.2 Å². The third-order valence-corrected chi connectivity index (χ3v) is 6.26. The second-order valence-electron chi connectivity index (χ2n) is 8.97. The number of aryl methyl sites for hydroxylation is 2. The number of rotatable bonds is 7. The molecule has 0 saturated carbocycles. The highest BCUT2D eigenvalue weighted by molar-refractivity contribution is 5.80. The standard InChI is InChI=1S/C30H27N3O3/c1-19-8-10-24(20(2)16-19)29(21-6-4-3-5-7-21)33-28(34)17-23-9-11-26-25(32-23)18-27(36-26)30(35)22-12-14-31-15-13-22/h3-16,18,29-30,35H,17H2,1-2H3,(H,33,34). The minimum Gasteiger partial charge on any atom is -0.456 e. The molecule has 0 bridgehead atoms. The van der Waals surface area contributed by atoms with Crippen molar-refractivity contribution in [2.75, 3.05) is 0 Å². The summed E-state index contributed by atoms with van der Waals surface area (Å²) in [5.41, 5.74) is 6.85. The Hall–Kier alpha value is -4.29. The second-order valence-corrected chi connectivity index (χ2v) is 8.97. The molecular weight excluding hydrogens is 450 g/mol. The zero-order valence-electron chi connectivity index (χ0n) is 20.2. The van der Waals surface area contributed by atoms with E-state index in [-0.39, 0.29) is 18.4 Å². The van der Waals surface area contributed by atoms with Crippen molar-refractivity contribution in [3.8, 4) is 0 Å². The number of benzene rings is 2. The van der Waals surface area contributed by atoms with E-state index in [1.54, 1.807) is 42.7 Å². The van der Waals surface area contributed by atoms with Crippen LogP contribution in [0.5, 0.6) is 0 Å². The molecule has 2 aromatic carbocycles. The van der Waals surface area contributed by atoms with E-state index >= 15 is 0 Å². The van der Waals surface area contributed by atoms with Gasteiger partial charge in [-0.05, 0) is 60.4 Å². The van der Waals surface area contributed by atoms with E-state index in [9.17, 15) is 9.90 Å². The Labute approximate surface area is 209 Å². The summed E-state index contributed by atoms with van der Waals surface area (Å²) in [7, 11) is 0. The van der Waals surface area contributed by atoms with Crippen LogP contribution in [0.4, 0.5) is 0 Å². The Morgan fingerprint density at radius 3 is 2.47 bits per heavy atom. The number of pyridine rings is 2. The van der Waals surface area contributed by atoms with Crippen molar-refractivity contribution in [2.24, 2.45) is 0 Å². The van der Waals surface area contributed by atoms with Gasteiger partial charge < -0.3 is 14.8 Å². The molecule has 0 saturated heterocycles. The lowest BCUT2D eigenvalue weighted by molar-refractivity contribution is -0.121. The van der Waals surface area contributed by atoms with Crippen LogP contribution in [-0.2, 0) is 11.2 Å². The molecule has 3 heterocycles. The maximum atomic E-state index is 13.2. The Bertz CT molecular complexity index is 1500. The van der Waals surface area contributed by atoms with E-state index in [2.05, 4.69) is 47.3 Å². The van der Waals surface area contributed by atoms with Crippen molar-refractivity contribution in [1.29, 1.82) is 0 Å². The van der Waals surface area contributed by atoms with Gasteiger partial charge in [0.25, 0.3) is 0 Å². The number of amides is 1. The monoisotopic (exact) mass is 477 g/mol. The fraction of sp³-hybridized carbons (Fsp3) is 0.167. The summed E-state index contributed by atoms with van der Waals surface area (Å²) in [6, 6.07) is 24.7. The largest absolute Gasteiger partial charge is 0.456 e. The summed E-state index contributed by atoms with van der Waals surface area (Å²) in [6.07, 6.45) is 2.45. The first-order valence-electron chi connectivity index (χ1n) is 11.9. The van der Waals surface area contributed by atoms with Gasteiger partial charge in [0.2, 0.25) is 5.91 Å². The maximum Gasteiger partial charge on any atom is 0.226 e. The molecule has 0 aliphatic carbocycles. The maximum absolute atomic E-state index is 13.2. The van der Waals surface area contributed by atoms with Gasteiger partial charge in [-0.2, -0.15) is 0 Å². The number of carbonyl (C=O) groups excluding carboxylic acids is 1. The van der Waals surface area contributed by atoms with Crippen LogP contribution in [0.2, 0.25) is 0 Å². The molecule has 36 heavy (non-hydrogen) atoms. The molecular formula is C30H27N3O3. The van der Waals surface area contributed by atoms with Crippen molar-refractivity contribution in [3.05, 3.63) is 131 Å². The highest BCUT2D eigenvalue weighted by atomic mass is 16.4. The van der Waals surface area contributed by atoms with Crippen LogP contribution in [0.25, 0.3) is 11.1 Å². The van der Waals surface area contributed by atoms with Crippen molar-refractivity contribution >= 4 is 17.0 Å². The molecule has 0 fully saturated rings. The van der Waals surface area contributed by atoms with E-state index in [1.807, 2.05) is 30.3 Å². The number of hydrogen-bond acceptors (Lipinski definition) is 5. The number of aromatic nitrogens is 2. The van der Waals surface area contributed by atoms with Crippen LogP contribution < -0.4 is 5.32 Å². The van der Waals surface area contributed by atoms with Gasteiger partial charge in [-0.25, -0.2) is 4.98 Å². The van der Waals surface area contributed by atoms with Crippen molar-refractivity contribution < 1.29 is 14.3 Å². The number of hydrogen-bond donors (Lipinski definition) is 2. The van der Waals surface area contributed by atoms with Crippen LogP contribution in [0, 0.1) is 13.8 Å². The summed E-state index contributed by atoms with van der Waals surface area (Å²) < 4.78 is 5.81. The Balaban J connectivity index is 1.36. The average Bonchev–Trinajstić information content (AvgIpc) is 3.32. The third-order valence-electron chi connectivity index (χ3n) is 6.26. The fourth-order valence-electron chi connectivity index (χ4n) is 4.44. The van der Waals surface area contributed by atoms with E-state index in [1.165, 1.54) is 5.56 Å². The van der Waals surface area contributed by atoms with Crippen LogP contribution in [-0.4, -0.2) is 21.0 Å². The Morgan fingerprint density at radius 2 is 1.72 bits per heavy atom. The van der Waals surface area contributed by atoms with Gasteiger partial charge in [0.1, 0.15) is 17.4 Å². The zero-order valence-corrected chi connectivity index (χ0v) is 20.2. The van der Waals surface area contributed by atoms with Crippen molar-refractivity contribution in [1.82, 2.24) is 15.3 Å². The predicted molar refractivity (Wildman–Crippen MR) is 138 cm³/mol. The summed E-state index contributed by atoms with van der Waals surface area (Å²) >= 11 is 0. The molecule has 2 unspecified atom stereocenters. The van der Waals surface area contributed by atoms with Crippen molar-refractivity contribution in [2.45, 2.75) is 32.4 Å². The lowest BCUT2D eigenvalue weighted by Crippen LogP contribution is -2.31. The van der Waals surface area contributed by atoms with E-state index in [0.717, 1.165) is 16.7 Å². The van der Waals surface area contributed by atoms with Gasteiger partial charge in [-0.15, -0.1) is 0 Å². The summed E-state index contributed by atoms with van der Waals surface area (Å²) in [5.74, 6) is 0.264. The third kappa shape index (κ3) is 5.04. The molecule has 0 radical (unpaired) electrons. The van der Waals surface area contributed by atoms with Crippen LogP contribution in [0.3, 0.4) is 0 Å². The van der Waals surface area contributed by atoms with E-state index in [0.29, 0.717) is 28.1 Å². The molecule has 1 amide bonds. The first-order valence-corrected chi connectivity index (χ1v) is 11.9. The predicted octanol–water partition coefficient (Wildman–Crippen LogP) is 5.37. The number of carbonyl (C=O) groups is 1. The number of nitrogens with zero attached hydrogens (tertiary/aromatic N) is 2. The van der Waals surface area contributed by atoms with Gasteiger partial charge >= 0.3 is 0 Å². The SMILES string of the molecule is Cc1ccc(C(NC(=O)Cc2ccc3oc(C(O)c4ccncc4)cc3n2)c2ccccc2)c(C)c1. The van der Waals surface area contributed by atoms with Crippen LogP contribution in [0.15, 0.2) is 95.7 Å². The molecule has 0 aliphatic heterocycles. The van der Waals surface area contributed by atoms with Gasteiger partial charge in [0.15, 0.2) is 5.58 Å². The molecule has 3 aromatic heterocycles. The normalized spacial score (nSPS) is 12.9. The van der Waals surface area contributed by atoms with Gasteiger partial charge in [0.05, 0.1) is 18.2 Å². The number of fused-ring (bicyclic) bond motifs is 1. The summed E-state index contributed by atoms with van der Waals surface area (Å²) in [6.45, 7) is 4.13. The zero-order chi connectivity index (χ0) is 25.1. The summed E-state index contributed by atoms with van der Waals surface area (Å²) in [4.78, 5) is 21.8. The lowest BCUT2D eigenvalue weighted by atomic mass is 9.93. The van der Waals surface area contributed by atoms with E-state index in [4.69, 9.17) is 4.42 Å². The molecule has 2 N–H and O–H groups in total. The molecule has 6 nitrogen and oxygen atoms in total. The number of nitrogens with one attached hydrogen (secondary N) is 1. The minimum absolute atomic E-state index is 0.123. The van der Waals surface area contributed by atoms with E-state index < -0.39 is 6.10 Å². The molecule has 6 heteroatoms. The minimum atomic E-state index is -0.918. The fourth-order valence-corrected chi connectivity index (χ4v) is 4.44. The van der Waals surface area contributed by atoms with Gasteiger partial charge in [-0.1, -0.05) is 54.1 Å². The molecule has 0 aliphatic rings. The highest BCUT2D eigenvalue weighted by Crippen LogP contribution is 2.28. The molecule has 5 aromatic rings. The van der Waals surface area contributed by atoms with Crippen molar-refractivity contribution in [3.63, 3.8) is 0 Å². The number of furan rings is 1. The quantitative estimate of drug-likeness (QED) is 0.329. The first-order chi connectivity index (χ1) is 17.5. The lowest BCUT2D eigenvalue weighted by Gasteiger charge is -2.22. The van der Waals surface area contributed by atoms with Crippen LogP contribution in [0.1, 0.15) is 51.4 Å². The smallest absolute Gasteiger partial charge is 0.226 e. The summed E-state index contributed by atoms with van der Waals surface area (Å²) in [5, 5.41) is 13.9. The van der Waals surface area contributed by atoms with Gasteiger partial charge in [0, 0.05) is 18.5 Å². The number of aliphatic hydroxyl groups is 1. The Morgan fingerprint density at radius 1 is 0.944 bits per heavy atom. The Kier molecular flexibility index (Phi) is 6.60. The van der Waals surface area contributed by atoms with Gasteiger partial charge in [-0.3, -0.25) is 9.78 Å². The molecule has 2 atom stereocenters. The van der Waals surface area contributed by atoms with Crippen LogP contribution >= 0.6 is 0 Å². The molecule has 0 spiro atoms. The molecule has 5 rings (SSSR count). The second kappa shape index (κ2) is 10.1. The number of aliphatic hydroxyl groups excluding tert-OH is 1. The first kappa shape index (κ1) is 23.5. The average molecular weight is 478 g/mol.